The van der Waals surface area contributed by atoms with Crippen LogP contribution in [-0.2, 0) is 6.42 Å². The van der Waals surface area contributed by atoms with Crippen molar-refractivity contribution in [3.63, 3.8) is 0 Å². The van der Waals surface area contributed by atoms with Crippen molar-refractivity contribution in [2.75, 3.05) is 14.2 Å². The monoisotopic (exact) mass is 346 g/mol. The number of allylic oxidation sites excluding steroid dienone is 3. The number of ether oxygens (including phenoxy) is 4. The van der Waals surface area contributed by atoms with Gasteiger partial charge in [-0.25, -0.2) is 0 Å². The fraction of sp³-hybridized carbons (Fsp3) is 0.182. The van der Waals surface area contributed by atoms with E-state index < -0.39 is 0 Å². The molecule has 0 aromatic heterocycles. The second-order valence-electron chi connectivity index (χ2n) is 6.58. The first-order chi connectivity index (χ1) is 12.7. The molecule has 1 aliphatic carbocycles. The van der Waals surface area contributed by atoms with Crippen molar-refractivity contribution in [2.24, 2.45) is 0 Å². The predicted molar refractivity (Wildman–Crippen MR) is 98.7 cm³/mol. The van der Waals surface area contributed by atoms with Crippen LogP contribution < -0.4 is 18.9 Å². The van der Waals surface area contributed by atoms with E-state index in [0.717, 1.165) is 58.5 Å². The number of hydrogen-bond acceptors (Lipinski definition) is 4. The zero-order valence-electron chi connectivity index (χ0n) is 14.7. The summed E-state index contributed by atoms with van der Waals surface area (Å²) in [5.41, 5.74) is 4.62. The van der Waals surface area contributed by atoms with Crippen molar-refractivity contribution in [1.29, 1.82) is 0 Å². The van der Waals surface area contributed by atoms with Crippen LogP contribution in [0.25, 0.3) is 6.08 Å². The van der Waals surface area contributed by atoms with E-state index in [-0.39, 0.29) is 0 Å². The Kier molecular flexibility index (Phi) is 3.32. The molecular formula is C22H18O4. The lowest BCUT2D eigenvalue weighted by Crippen LogP contribution is -2.17. The maximum atomic E-state index is 6.13. The smallest absolute Gasteiger partial charge is 0.134 e. The first-order valence-electron chi connectivity index (χ1n) is 8.59. The molecule has 2 aromatic carbocycles. The molecule has 0 bridgehead atoms. The Hall–Kier alpha value is -3.14. The molecule has 0 atom stereocenters. The quantitative estimate of drug-likeness (QED) is 0.793. The molecular weight excluding hydrogens is 328 g/mol. The molecule has 4 heteroatoms. The lowest BCUT2D eigenvalue weighted by atomic mass is 9.88. The molecule has 5 rings (SSSR count). The Morgan fingerprint density at radius 2 is 1.58 bits per heavy atom. The molecule has 0 fully saturated rings. The summed E-state index contributed by atoms with van der Waals surface area (Å²) in [6, 6.07) is 11.8. The zero-order valence-corrected chi connectivity index (χ0v) is 14.7. The topological polar surface area (TPSA) is 36.9 Å². The first-order valence-corrected chi connectivity index (χ1v) is 8.59. The van der Waals surface area contributed by atoms with Gasteiger partial charge < -0.3 is 18.9 Å². The molecule has 0 spiro atoms. The van der Waals surface area contributed by atoms with Crippen molar-refractivity contribution < 1.29 is 18.9 Å². The van der Waals surface area contributed by atoms with Crippen LogP contribution in [0.15, 0.2) is 65.1 Å². The maximum Gasteiger partial charge on any atom is 0.134 e. The lowest BCUT2D eigenvalue weighted by Gasteiger charge is -2.30. The van der Waals surface area contributed by atoms with Crippen molar-refractivity contribution in [3.8, 4) is 23.0 Å². The molecule has 4 nitrogen and oxygen atoms in total. The van der Waals surface area contributed by atoms with E-state index in [9.17, 15) is 0 Å². The minimum Gasteiger partial charge on any atom is -0.497 e. The van der Waals surface area contributed by atoms with E-state index in [1.54, 1.807) is 14.2 Å². The number of benzene rings is 2. The van der Waals surface area contributed by atoms with Crippen LogP contribution >= 0.6 is 0 Å². The van der Waals surface area contributed by atoms with E-state index >= 15 is 0 Å². The molecule has 0 saturated heterocycles. The van der Waals surface area contributed by atoms with Gasteiger partial charge in [-0.15, -0.1) is 0 Å². The summed E-state index contributed by atoms with van der Waals surface area (Å²) < 4.78 is 22.9. The van der Waals surface area contributed by atoms with Gasteiger partial charge >= 0.3 is 0 Å². The molecule has 0 unspecified atom stereocenters. The molecule has 2 aliphatic heterocycles. The van der Waals surface area contributed by atoms with Gasteiger partial charge in [0.15, 0.2) is 0 Å². The van der Waals surface area contributed by atoms with Crippen LogP contribution in [0.2, 0.25) is 0 Å². The van der Waals surface area contributed by atoms with E-state index in [2.05, 4.69) is 6.08 Å². The van der Waals surface area contributed by atoms with Gasteiger partial charge in [-0.3, -0.25) is 0 Å². The third kappa shape index (κ3) is 2.37. The van der Waals surface area contributed by atoms with Gasteiger partial charge in [0.05, 0.1) is 14.2 Å². The number of hydrogen-bond donors (Lipinski definition) is 0. The Morgan fingerprint density at radius 3 is 2.38 bits per heavy atom. The minimum absolute atomic E-state index is 0.814. The van der Waals surface area contributed by atoms with Crippen LogP contribution in [0.3, 0.4) is 0 Å². The van der Waals surface area contributed by atoms with Crippen LogP contribution in [0.4, 0.5) is 0 Å². The third-order valence-corrected chi connectivity index (χ3v) is 4.99. The molecule has 26 heavy (non-hydrogen) atoms. The Morgan fingerprint density at radius 1 is 0.808 bits per heavy atom. The lowest BCUT2D eigenvalue weighted by molar-refractivity contribution is 0.381. The zero-order chi connectivity index (χ0) is 17.7. The van der Waals surface area contributed by atoms with Crippen molar-refractivity contribution in [3.05, 3.63) is 76.3 Å². The van der Waals surface area contributed by atoms with Gasteiger partial charge in [0.1, 0.15) is 34.5 Å². The molecule has 0 saturated carbocycles. The number of methoxy groups -OCH3 is 2. The first kappa shape index (κ1) is 15.1. The van der Waals surface area contributed by atoms with E-state index in [4.69, 9.17) is 18.9 Å². The van der Waals surface area contributed by atoms with Crippen molar-refractivity contribution in [2.45, 2.75) is 12.8 Å². The normalized spacial score (nSPS) is 16.7. The summed E-state index contributed by atoms with van der Waals surface area (Å²) in [4.78, 5) is 0. The summed E-state index contributed by atoms with van der Waals surface area (Å²) >= 11 is 0. The van der Waals surface area contributed by atoms with E-state index in [1.807, 2.05) is 42.5 Å². The largest absolute Gasteiger partial charge is 0.497 e. The Bertz CT molecular complexity index is 1010. The predicted octanol–water partition coefficient (Wildman–Crippen LogP) is 4.66. The molecule has 2 aromatic rings. The van der Waals surface area contributed by atoms with Gasteiger partial charge in [-0.2, -0.15) is 0 Å². The maximum absolute atomic E-state index is 6.13. The highest BCUT2D eigenvalue weighted by Crippen LogP contribution is 2.43. The Labute approximate surface area is 152 Å². The molecule has 0 N–H and O–H groups in total. The minimum atomic E-state index is 0.814. The number of rotatable bonds is 2. The van der Waals surface area contributed by atoms with E-state index in [0.29, 0.717) is 0 Å². The van der Waals surface area contributed by atoms with Crippen molar-refractivity contribution in [1.82, 2.24) is 0 Å². The van der Waals surface area contributed by atoms with Gasteiger partial charge in [-0.05, 0) is 53.6 Å². The summed E-state index contributed by atoms with van der Waals surface area (Å²) in [7, 11) is 3.36. The molecule has 3 aliphatic rings. The highest BCUT2D eigenvalue weighted by atomic mass is 16.5. The van der Waals surface area contributed by atoms with Gasteiger partial charge in [0.2, 0.25) is 0 Å². The van der Waals surface area contributed by atoms with Crippen LogP contribution in [0.5, 0.6) is 23.0 Å². The average molecular weight is 346 g/mol. The standard InChI is InChI=1S/C22H18O4/c1-23-17-3-5-19-15(10-17)8-13-7-14-9-16-11-18(24-2)4-6-20(16)26-22(14)12-21(13)25-19/h3-6,8,10-12H,7,9H2,1-2H3. The SMILES string of the molecule is COc1ccc2c(c1)C=C1CC3=C(C=C1O2)Oc1ccc(OC)cc1C3. The molecule has 2 heterocycles. The summed E-state index contributed by atoms with van der Waals surface area (Å²) in [5, 5.41) is 0. The fourth-order valence-corrected chi connectivity index (χ4v) is 3.62. The fourth-order valence-electron chi connectivity index (χ4n) is 3.62. The molecule has 0 radical (unpaired) electrons. The average Bonchev–Trinajstić information content (AvgIpc) is 2.68. The molecule has 130 valence electrons. The van der Waals surface area contributed by atoms with Gasteiger partial charge in [0, 0.05) is 30.0 Å². The van der Waals surface area contributed by atoms with Crippen molar-refractivity contribution >= 4 is 6.08 Å². The van der Waals surface area contributed by atoms with Crippen LogP contribution in [0.1, 0.15) is 17.5 Å². The van der Waals surface area contributed by atoms with Gasteiger partial charge in [-0.1, -0.05) is 0 Å². The number of fused-ring (bicyclic) bond motifs is 3. The summed E-state index contributed by atoms with van der Waals surface area (Å²) in [6.45, 7) is 0. The molecule has 0 amide bonds. The van der Waals surface area contributed by atoms with Crippen LogP contribution in [-0.4, -0.2) is 14.2 Å². The summed E-state index contributed by atoms with van der Waals surface area (Å²) in [5.74, 6) is 5.16. The second-order valence-corrected chi connectivity index (χ2v) is 6.58. The Balaban J connectivity index is 1.50. The van der Waals surface area contributed by atoms with E-state index in [1.165, 1.54) is 11.1 Å². The summed E-state index contributed by atoms with van der Waals surface area (Å²) in [6.07, 6.45) is 5.85. The van der Waals surface area contributed by atoms with Gasteiger partial charge in [0.25, 0.3) is 0 Å². The van der Waals surface area contributed by atoms with Crippen LogP contribution in [0, 0.1) is 0 Å². The highest BCUT2D eigenvalue weighted by Gasteiger charge is 2.28. The highest BCUT2D eigenvalue weighted by molar-refractivity contribution is 5.70. The second kappa shape index (κ2) is 5.70. The third-order valence-electron chi connectivity index (χ3n) is 4.99.